The summed E-state index contributed by atoms with van der Waals surface area (Å²) in [7, 11) is 0. The molecule has 3 heteroatoms. The molecule has 0 atom stereocenters. The highest BCUT2D eigenvalue weighted by atomic mass is 19.1. The Morgan fingerprint density at radius 1 is 1.05 bits per heavy atom. The number of halogens is 1. The number of rotatable bonds is 2. The van der Waals surface area contributed by atoms with Gasteiger partial charge in [0.05, 0.1) is 0 Å². The van der Waals surface area contributed by atoms with E-state index in [9.17, 15) is 4.39 Å². The molecule has 1 aliphatic heterocycles. The minimum atomic E-state index is -0.287. The Balaban J connectivity index is 0.000000188. The van der Waals surface area contributed by atoms with Crippen molar-refractivity contribution >= 4 is 11.3 Å². The molecule has 0 aromatic heterocycles. The SMILES string of the molecule is CCC1=CC=C(c2ccccc2)CN1.Nc1cccc(F)c1. The number of hydrogen-bond acceptors (Lipinski definition) is 2. The first-order valence-corrected chi connectivity index (χ1v) is 7.39. The smallest absolute Gasteiger partial charge is 0.125 e. The van der Waals surface area contributed by atoms with Crippen LogP contribution in [-0.4, -0.2) is 6.54 Å². The third kappa shape index (κ3) is 4.77. The summed E-state index contributed by atoms with van der Waals surface area (Å²) in [4.78, 5) is 0. The van der Waals surface area contributed by atoms with Crippen molar-refractivity contribution in [2.75, 3.05) is 12.3 Å². The average Bonchev–Trinajstić information content (AvgIpc) is 2.56. The minimum absolute atomic E-state index is 0.287. The largest absolute Gasteiger partial charge is 0.399 e. The van der Waals surface area contributed by atoms with Crippen molar-refractivity contribution in [1.29, 1.82) is 0 Å². The first kappa shape index (κ1) is 15.8. The molecule has 0 saturated heterocycles. The van der Waals surface area contributed by atoms with Crippen LogP contribution >= 0.6 is 0 Å². The maximum absolute atomic E-state index is 12.1. The highest BCUT2D eigenvalue weighted by molar-refractivity contribution is 5.69. The van der Waals surface area contributed by atoms with Crippen molar-refractivity contribution in [1.82, 2.24) is 5.32 Å². The lowest BCUT2D eigenvalue weighted by molar-refractivity contribution is 0.628. The number of anilines is 1. The Hall–Kier alpha value is -2.55. The predicted molar refractivity (Wildman–Crippen MR) is 91.6 cm³/mol. The fourth-order valence-electron chi connectivity index (χ4n) is 2.13. The number of nitrogen functional groups attached to an aromatic ring is 1. The van der Waals surface area contributed by atoms with Crippen LogP contribution in [0.2, 0.25) is 0 Å². The summed E-state index contributed by atoms with van der Waals surface area (Å²) in [6.07, 6.45) is 5.47. The van der Waals surface area contributed by atoms with Crippen molar-refractivity contribution in [3.05, 3.63) is 83.8 Å². The third-order valence-electron chi connectivity index (χ3n) is 3.37. The summed E-state index contributed by atoms with van der Waals surface area (Å²) in [6.45, 7) is 3.11. The van der Waals surface area contributed by atoms with Gasteiger partial charge in [-0.2, -0.15) is 0 Å². The molecule has 2 aromatic carbocycles. The molecule has 1 aliphatic rings. The molecule has 0 amide bonds. The summed E-state index contributed by atoms with van der Waals surface area (Å²) in [5.74, 6) is -0.287. The lowest BCUT2D eigenvalue weighted by atomic mass is 10.0. The number of allylic oxidation sites excluding steroid dienone is 3. The topological polar surface area (TPSA) is 38.0 Å². The van der Waals surface area contributed by atoms with E-state index in [0.29, 0.717) is 5.69 Å². The van der Waals surface area contributed by atoms with E-state index in [1.807, 2.05) is 6.07 Å². The van der Waals surface area contributed by atoms with Gasteiger partial charge in [0.15, 0.2) is 0 Å². The molecule has 3 rings (SSSR count). The van der Waals surface area contributed by atoms with Crippen LogP contribution in [0.1, 0.15) is 18.9 Å². The molecule has 0 bridgehead atoms. The maximum atomic E-state index is 12.1. The van der Waals surface area contributed by atoms with E-state index >= 15 is 0 Å². The zero-order valence-electron chi connectivity index (χ0n) is 12.7. The average molecular weight is 296 g/mol. The Bertz CT molecular complexity index is 643. The van der Waals surface area contributed by atoms with E-state index in [2.05, 4.69) is 48.7 Å². The van der Waals surface area contributed by atoms with E-state index in [4.69, 9.17) is 5.73 Å². The van der Waals surface area contributed by atoms with Crippen molar-refractivity contribution in [3.8, 4) is 0 Å². The molecule has 0 radical (unpaired) electrons. The molecule has 22 heavy (non-hydrogen) atoms. The van der Waals surface area contributed by atoms with Gasteiger partial charge in [0.1, 0.15) is 5.82 Å². The van der Waals surface area contributed by atoms with E-state index in [0.717, 1.165) is 13.0 Å². The van der Waals surface area contributed by atoms with Gasteiger partial charge in [-0.15, -0.1) is 0 Å². The standard InChI is InChI=1S/C13H15N.C6H6FN/c1-2-13-9-8-12(10-14-13)11-6-4-3-5-7-11;7-5-2-1-3-6(8)4-5/h3-9,14H,2,10H2,1H3;1-4H,8H2. The van der Waals surface area contributed by atoms with Gasteiger partial charge in [-0.05, 0) is 41.8 Å². The third-order valence-corrected chi connectivity index (χ3v) is 3.37. The number of nitrogens with one attached hydrogen (secondary N) is 1. The van der Waals surface area contributed by atoms with Crippen molar-refractivity contribution in [2.24, 2.45) is 0 Å². The zero-order valence-corrected chi connectivity index (χ0v) is 12.7. The van der Waals surface area contributed by atoms with Gasteiger partial charge in [0.2, 0.25) is 0 Å². The molecule has 3 N–H and O–H groups in total. The number of dihydropyridines is 1. The zero-order chi connectivity index (χ0) is 15.8. The fraction of sp³-hybridized carbons (Fsp3) is 0.158. The molecule has 0 spiro atoms. The second-order valence-corrected chi connectivity index (χ2v) is 5.01. The van der Waals surface area contributed by atoms with Gasteiger partial charge < -0.3 is 11.1 Å². The van der Waals surface area contributed by atoms with E-state index < -0.39 is 0 Å². The second kappa shape index (κ2) is 8.03. The number of nitrogens with two attached hydrogens (primary N) is 1. The van der Waals surface area contributed by atoms with E-state index in [-0.39, 0.29) is 5.82 Å². The summed E-state index contributed by atoms with van der Waals surface area (Å²) in [6, 6.07) is 16.4. The van der Waals surface area contributed by atoms with Gasteiger partial charge >= 0.3 is 0 Å². The summed E-state index contributed by atoms with van der Waals surface area (Å²) in [5, 5.41) is 3.41. The number of hydrogen-bond donors (Lipinski definition) is 2. The fourth-order valence-corrected chi connectivity index (χ4v) is 2.13. The molecular weight excluding hydrogens is 275 g/mol. The maximum Gasteiger partial charge on any atom is 0.125 e. The quantitative estimate of drug-likeness (QED) is 0.807. The van der Waals surface area contributed by atoms with Gasteiger partial charge in [-0.25, -0.2) is 4.39 Å². The van der Waals surface area contributed by atoms with E-state index in [1.54, 1.807) is 12.1 Å². The van der Waals surface area contributed by atoms with Gasteiger partial charge in [0.25, 0.3) is 0 Å². The second-order valence-electron chi connectivity index (χ2n) is 5.01. The molecular formula is C19H21FN2. The van der Waals surface area contributed by atoms with Gasteiger partial charge in [0, 0.05) is 17.9 Å². The summed E-state index contributed by atoms with van der Waals surface area (Å²) >= 11 is 0. The normalized spacial score (nSPS) is 13.2. The molecule has 0 fully saturated rings. The monoisotopic (exact) mass is 296 g/mol. The summed E-state index contributed by atoms with van der Waals surface area (Å²) in [5.41, 5.74) is 9.68. The van der Waals surface area contributed by atoms with Gasteiger partial charge in [-0.1, -0.05) is 49.4 Å². The summed E-state index contributed by atoms with van der Waals surface area (Å²) < 4.78 is 12.1. The van der Waals surface area contributed by atoms with Crippen LogP contribution in [0.3, 0.4) is 0 Å². The van der Waals surface area contributed by atoms with E-state index in [1.165, 1.54) is 29.0 Å². The molecule has 2 aromatic rings. The molecule has 114 valence electrons. The predicted octanol–water partition coefficient (Wildman–Crippen LogP) is 4.38. The van der Waals surface area contributed by atoms with Crippen molar-refractivity contribution in [2.45, 2.75) is 13.3 Å². The lowest BCUT2D eigenvalue weighted by Gasteiger charge is -2.16. The van der Waals surface area contributed by atoms with Gasteiger partial charge in [-0.3, -0.25) is 0 Å². The van der Waals surface area contributed by atoms with Crippen LogP contribution in [0, 0.1) is 5.82 Å². The Kier molecular flexibility index (Phi) is 5.78. The van der Waals surface area contributed by atoms with Crippen molar-refractivity contribution < 1.29 is 4.39 Å². The van der Waals surface area contributed by atoms with Crippen molar-refractivity contribution in [3.63, 3.8) is 0 Å². The molecule has 0 unspecified atom stereocenters. The minimum Gasteiger partial charge on any atom is -0.399 e. The first-order valence-electron chi connectivity index (χ1n) is 7.39. The lowest BCUT2D eigenvalue weighted by Crippen LogP contribution is -2.18. The number of benzene rings is 2. The Morgan fingerprint density at radius 2 is 1.82 bits per heavy atom. The molecule has 2 nitrogen and oxygen atoms in total. The van der Waals surface area contributed by atoms with Crippen LogP contribution in [0.25, 0.3) is 5.57 Å². The van der Waals surface area contributed by atoms with Crippen LogP contribution in [0.4, 0.5) is 10.1 Å². The molecule has 1 heterocycles. The molecule has 0 saturated carbocycles. The molecule has 0 aliphatic carbocycles. The van der Waals surface area contributed by atoms with Crippen LogP contribution in [0.5, 0.6) is 0 Å². The van der Waals surface area contributed by atoms with Crippen LogP contribution < -0.4 is 11.1 Å². The van der Waals surface area contributed by atoms with Crippen LogP contribution in [0.15, 0.2) is 72.4 Å². The Labute approximate surface area is 131 Å². The first-order chi connectivity index (χ1) is 10.7. The highest BCUT2D eigenvalue weighted by Gasteiger charge is 2.04. The highest BCUT2D eigenvalue weighted by Crippen LogP contribution is 2.17. The Morgan fingerprint density at radius 3 is 2.32 bits per heavy atom. The van der Waals surface area contributed by atoms with Crippen LogP contribution in [-0.2, 0) is 0 Å².